The van der Waals surface area contributed by atoms with Gasteiger partial charge in [-0.05, 0) is 0 Å². The quantitative estimate of drug-likeness (QED) is 0.565. The summed E-state index contributed by atoms with van der Waals surface area (Å²) in [7, 11) is 0. The summed E-state index contributed by atoms with van der Waals surface area (Å²) in [6, 6.07) is 0. The molecule has 4 aliphatic carbocycles. The van der Waals surface area contributed by atoms with Gasteiger partial charge in [0.15, 0.2) is 0 Å². The number of hydrogen-bond donors (Lipinski definition) is 0. The summed E-state index contributed by atoms with van der Waals surface area (Å²) in [5.41, 5.74) is 3.35. The normalized spacial score (nSPS) is 42.4. The van der Waals surface area contributed by atoms with Gasteiger partial charge in [0.1, 0.15) is 0 Å². The van der Waals surface area contributed by atoms with Gasteiger partial charge in [0.05, 0.1) is 0 Å². The Kier molecular flexibility index (Phi) is 1.45. The summed E-state index contributed by atoms with van der Waals surface area (Å²) in [5, 5.41) is 0. The zero-order chi connectivity index (χ0) is 8.18. The molecule has 0 nitrogen and oxygen atoms in total. The summed E-state index contributed by atoms with van der Waals surface area (Å²) in [5.74, 6) is 0.779. The molecule has 4 rings (SSSR count). The zero-order valence-electron chi connectivity index (χ0n) is 7.01. The van der Waals surface area contributed by atoms with Crippen LogP contribution in [0, 0.1) is 5.92 Å². The van der Waals surface area contributed by atoms with E-state index in [0.29, 0.717) is 3.12 Å². The number of rotatable bonds is 0. The molecular weight excluding hydrogens is 223 g/mol. The molecule has 12 heavy (non-hydrogen) atoms. The molecule has 0 aromatic heterocycles. The Morgan fingerprint density at radius 2 is 2.33 bits per heavy atom. The molecule has 0 radical (unpaired) electrons. The van der Waals surface area contributed by atoms with E-state index in [0.717, 1.165) is 5.92 Å². The van der Waals surface area contributed by atoms with Gasteiger partial charge in [-0.3, -0.25) is 0 Å². The maximum absolute atomic E-state index is 2.47. The Bertz CT molecular complexity index is 322. The van der Waals surface area contributed by atoms with E-state index >= 15 is 0 Å². The Morgan fingerprint density at radius 3 is 3.00 bits per heavy atom. The molecule has 2 unspecified atom stereocenters. The predicted octanol–water partition coefficient (Wildman–Crippen LogP) is 2.93. The van der Waals surface area contributed by atoms with Crippen molar-refractivity contribution in [3.8, 4) is 0 Å². The van der Waals surface area contributed by atoms with Crippen LogP contribution >= 0.6 is 0 Å². The van der Waals surface area contributed by atoms with Crippen LogP contribution in [0.5, 0.6) is 0 Å². The fourth-order valence-electron chi connectivity index (χ4n) is 2.65. The molecule has 0 saturated heterocycles. The van der Waals surface area contributed by atoms with E-state index in [1.165, 1.54) is 19.3 Å². The average Bonchev–Trinajstić information content (AvgIpc) is 2.55. The fourth-order valence-corrected chi connectivity index (χ4v) is 3.85. The van der Waals surface area contributed by atoms with Gasteiger partial charge in [0, 0.05) is 0 Å². The van der Waals surface area contributed by atoms with Crippen LogP contribution in [0.1, 0.15) is 19.3 Å². The molecule has 0 amide bonds. The van der Waals surface area contributed by atoms with E-state index in [1.54, 1.807) is 35.9 Å². The second-order valence-corrected chi connectivity index (χ2v) is 6.18. The molecule has 0 aromatic rings. The van der Waals surface area contributed by atoms with Crippen LogP contribution in [0.2, 0.25) is 3.12 Å². The predicted molar refractivity (Wildman–Crippen MR) is 45.3 cm³/mol. The molecule has 1 heteroatoms. The first-order valence-corrected chi connectivity index (χ1v) is 5.88. The second-order valence-electron chi connectivity index (χ2n) is 3.99. The molecule has 2 atom stereocenters. The van der Waals surface area contributed by atoms with Gasteiger partial charge < -0.3 is 0 Å². The maximum atomic E-state index is 2.47. The minimum absolute atomic E-state index is 0.490. The van der Waals surface area contributed by atoms with Crippen molar-refractivity contribution >= 4 is 0 Å². The van der Waals surface area contributed by atoms with Crippen LogP contribution < -0.4 is 0 Å². The van der Waals surface area contributed by atoms with Crippen LogP contribution in [-0.4, -0.2) is 0 Å². The van der Waals surface area contributed by atoms with Crippen molar-refractivity contribution in [2.45, 2.75) is 22.4 Å². The summed E-state index contributed by atoms with van der Waals surface area (Å²) >= 11 is 1.68. The fraction of sp³-hybridized carbons (Fsp3) is 0.455. The first-order chi connectivity index (χ1) is 5.80. The second kappa shape index (κ2) is 2.32. The standard InChI is InChI=1S/C11H11.Zr/c1-2-10-8-4-6-9(7-5-8)11(10)3-1;/h2-4,6,8H,1,5,7H2;. The minimum atomic E-state index is 0.490. The Balaban J connectivity index is 2.22. The molecule has 2 bridgehead atoms. The third-order valence-electron chi connectivity index (χ3n) is 3.31. The molecule has 1 fully saturated rings. The van der Waals surface area contributed by atoms with Crippen molar-refractivity contribution in [2.24, 2.45) is 5.92 Å². The van der Waals surface area contributed by atoms with Gasteiger partial charge in [0.2, 0.25) is 0 Å². The summed E-state index contributed by atoms with van der Waals surface area (Å²) in [4.78, 5) is 0. The molecule has 0 N–H and O–H groups in total. The molecule has 0 aliphatic heterocycles. The van der Waals surface area contributed by atoms with Gasteiger partial charge in [-0.25, -0.2) is 0 Å². The SMILES string of the molecule is [Zr][C]12C=CC(CC1)C1=CCC=C12. The van der Waals surface area contributed by atoms with Crippen molar-refractivity contribution in [3.05, 3.63) is 35.5 Å². The van der Waals surface area contributed by atoms with Gasteiger partial charge >= 0.3 is 88.5 Å². The van der Waals surface area contributed by atoms with Crippen molar-refractivity contribution in [2.75, 3.05) is 0 Å². The third kappa shape index (κ3) is 0.812. The molecule has 0 spiro atoms. The molecule has 0 aromatic carbocycles. The van der Waals surface area contributed by atoms with E-state index in [4.69, 9.17) is 0 Å². The third-order valence-corrected chi connectivity index (χ3v) is 5.00. The number of hydrogen-bond acceptors (Lipinski definition) is 0. The molecule has 0 heterocycles. The van der Waals surface area contributed by atoms with E-state index in [1.807, 2.05) is 0 Å². The van der Waals surface area contributed by atoms with Gasteiger partial charge in [-0.2, -0.15) is 0 Å². The summed E-state index contributed by atoms with van der Waals surface area (Å²) in [6.45, 7) is 0. The summed E-state index contributed by atoms with van der Waals surface area (Å²) < 4.78 is 0.490. The first kappa shape index (κ1) is 7.50. The number of fused-ring (bicyclic) bond motifs is 1. The summed E-state index contributed by atoms with van der Waals surface area (Å²) in [6.07, 6.45) is 13.8. The zero-order valence-corrected chi connectivity index (χ0v) is 9.47. The first-order valence-electron chi connectivity index (χ1n) is 4.65. The van der Waals surface area contributed by atoms with Crippen LogP contribution in [0.15, 0.2) is 35.5 Å². The van der Waals surface area contributed by atoms with Crippen LogP contribution in [0.3, 0.4) is 0 Å². The molecular formula is C11H11Zr. The van der Waals surface area contributed by atoms with Crippen LogP contribution in [-0.2, 0) is 24.7 Å². The Hall–Kier alpha value is 0.103. The number of allylic oxidation sites excluding steroid dienone is 6. The van der Waals surface area contributed by atoms with Crippen molar-refractivity contribution < 1.29 is 24.7 Å². The Labute approximate surface area is 88.3 Å². The van der Waals surface area contributed by atoms with Crippen molar-refractivity contribution in [1.29, 1.82) is 0 Å². The van der Waals surface area contributed by atoms with Gasteiger partial charge in [-0.1, -0.05) is 0 Å². The topological polar surface area (TPSA) is 0 Å². The molecule has 59 valence electrons. The van der Waals surface area contributed by atoms with Crippen molar-refractivity contribution in [3.63, 3.8) is 0 Å². The average molecular weight is 234 g/mol. The van der Waals surface area contributed by atoms with Crippen LogP contribution in [0.25, 0.3) is 0 Å². The monoisotopic (exact) mass is 233 g/mol. The van der Waals surface area contributed by atoms with Gasteiger partial charge in [0.25, 0.3) is 0 Å². The van der Waals surface area contributed by atoms with E-state index in [-0.39, 0.29) is 0 Å². The Morgan fingerprint density at radius 1 is 1.42 bits per heavy atom. The molecule has 4 aliphatic rings. The van der Waals surface area contributed by atoms with E-state index in [9.17, 15) is 0 Å². The molecule has 1 saturated carbocycles. The van der Waals surface area contributed by atoms with Crippen LogP contribution in [0.4, 0.5) is 0 Å². The van der Waals surface area contributed by atoms with E-state index in [2.05, 4.69) is 24.3 Å². The van der Waals surface area contributed by atoms with E-state index < -0.39 is 0 Å². The van der Waals surface area contributed by atoms with Crippen molar-refractivity contribution in [1.82, 2.24) is 0 Å². The van der Waals surface area contributed by atoms with Gasteiger partial charge in [-0.15, -0.1) is 0 Å².